The topological polar surface area (TPSA) is 17.1 Å². The van der Waals surface area contributed by atoms with Gasteiger partial charge in [-0.05, 0) is 32.7 Å². The van der Waals surface area contributed by atoms with Gasteiger partial charge in [0, 0.05) is 11.1 Å². The first kappa shape index (κ1) is 11.7. The summed E-state index contributed by atoms with van der Waals surface area (Å²) in [6, 6.07) is 24.6. The minimum absolute atomic E-state index is 0.151. The molecule has 0 unspecified atom stereocenters. The van der Waals surface area contributed by atoms with Crippen LogP contribution in [0, 0.1) is 0 Å². The number of rotatable bonds is 0. The first-order chi connectivity index (χ1) is 10.8. The molecular weight excluding hydrogens is 268 g/mol. The van der Waals surface area contributed by atoms with Gasteiger partial charge in [-0.25, -0.2) is 0 Å². The second-order valence-corrected chi connectivity index (χ2v) is 5.75. The molecule has 4 aromatic rings. The summed E-state index contributed by atoms with van der Waals surface area (Å²) in [5.41, 5.74) is 3.82. The van der Waals surface area contributed by atoms with E-state index in [2.05, 4.69) is 36.4 Å². The average molecular weight is 280 g/mol. The molecule has 22 heavy (non-hydrogen) atoms. The molecule has 0 fully saturated rings. The number of hydrogen-bond acceptors (Lipinski definition) is 1. The van der Waals surface area contributed by atoms with Crippen LogP contribution < -0.4 is 0 Å². The van der Waals surface area contributed by atoms with Crippen LogP contribution in [-0.4, -0.2) is 5.78 Å². The van der Waals surface area contributed by atoms with Crippen molar-refractivity contribution in [2.45, 2.75) is 0 Å². The second kappa shape index (κ2) is 4.05. The van der Waals surface area contributed by atoms with Gasteiger partial charge in [-0.15, -0.1) is 0 Å². The molecule has 0 saturated heterocycles. The maximum absolute atomic E-state index is 13.1. The van der Waals surface area contributed by atoms with Crippen molar-refractivity contribution in [3.63, 3.8) is 0 Å². The van der Waals surface area contributed by atoms with E-state index in [0.717, 1.165) is 43.8 Å². The molecule has 0 amide bonds. The second-order valence-electron chi connectivity index (χ2n) is 5.75. The van der Waals surface area contributed by atoms with E-state index < -0.39 is 0 Å². The summed E-state index contributed by atoms with van der Waals surface area (Å²) < 4.78 is 0. The minimum Gasteiger partial charge on any atom is -0.289 e. The van der Waals surface area contributed by atoms with Crippen LogP contribution in [-0.2, 0) is 0 Å². The Kier molecular flexibility index (Phi) is 2.15. The molecule has 1 aliphatic carbocycles. The highest BCUT2D eigenvalue weighted by Gasteiger charge is 2.29. The zero-order chi connectivity index (χ0) is 14.7. The van der Waals surface area contributed by atoms with Crippen molar-refractivity contribution in [2.75, 3.05) is 0 Å². The molecule has 1 nitrogen and oxygen atoms in total. The lowest BCUT2D eigenvalue weighted by Crippen LogP contribution is -1.97. The van der Waals surface area contributed by atoms with Crippen molar-refractivity contribution in [1.29, 1.82) is 0 Å². The van der Waals surface area contributed by atoms with Gasteiger partial charge in [-0.2, -0.15) is 0 Å². The summed E-state index contributed by atoms with van der Waals surface area (Å²) in [5.74, 6) is 0.151. The lowest BCUT2D eigenvalue weighted by atomic mass is 9.99. The highest BCUT2D eigenvalue weighted by molar-refractivity contribution is 6.31. The van der Waals surface area contributed by atoms with E-state index in [0.29, 0.717) is 0 Å². The molecule has 5 rings (SSSR count). The number of carbonyl (C=O) groups is 1. The fourth-order valence-corrected chi connectivity index (χ4v) is 3.61. The maximum Gasteiger partial charge on any atom is 0.195 e. The maximum atomic E-state index is 13.1. The van der Waals surface area contributed by atoms with E-state index in [4.69, 9.17) is 0 Å². The predicted molar refractivity (Wildman–Crippen MR) is 90.3 cm³/mol. The third-order valence-corrected chi connectivity index (χ3v) is 4.60. The number of ketones is 1. The quantitative estimate of drug-likeness (QED) is 0.381. The van der Waals surface area contributed by atoms with Crippen molar-refractivity contribution < 1.29 is 4.79 Å². The summed E-state index contributed by atoms with van der Waals surface area (Å²) in [5, 5.41) is 4.33. The first-order valence-corrected chi connectivity index (χ1v) is 7.43. The summed E-state index contributed by atoms with van der Waals surface area (Å²) in [6.07, 6.45) is 0. The van der Waals surface area contributed by atoms with Gasteiger partial charge in [0.1, 0.15) is 0 Å². The van der Waals surface area contributed by atoms with Crippen LogP contribution in [0.3, 0.4) is 0 Å². The number of carbonyl (C=O) groups excluding carboxylic acids is 1. The zero-order valence-electron chi connectivity index (χ0n) is 11.8. The SMILES string of the molecule is O=C1c2c(ccc3ccccc23)-c2ccc3ccccc3c21. The van der Waals surface area contributed by atoms with Gasteiger partial charge in [-0.3, -0.25) is 4.79 Å². The van der Waals surface area contributed by atoms with Crippen LogP contribution in [0.25, 0.3) is 32.7 Å². The van der Waals surface area contributed by atoms with Gasteiger partial charge in [0.2, 0.25) is 0 Å². The number of hydrogen-bond donors (Lipinski definition) is 0. The van der Waals surface area contributed by atoms with E-state index in [9.17, 15) is 4.79 Å². The smallest absolute Gasteiger partial charge is 0.195 e. The molecule has 0 radical (unpaired) electrons. The molecule has 0 bridgehead atoms. The third-order valence-electron chi connectivity index (χ3n) is 4.60. The summed E-state index contributed by atoms with van der Waals surface area (Å²) in [4.78, 5) is 13.1. The Labute approximate surface area is 127 Å². The lowest BCUT2D eigenvalue weighted by molar-refractivity contribution is 0.104. The zero-order valence-corrected chi connectivity index (χ0v) is 11.8. The first-order valence-electron chi connectivity index (χ1n) is 7.43. The Morgan fingerprint density at radius 2 is 0.955 bits per heavy atom. The molecule has 0 spiro atoms. The van der Waals surface area contributed by atoms with Crippen molar-refractivity contribution in [1.82, 2.24) is 0 Å². The van der Waals surface area contributed by atoms with Crippen molar-refractivity contribution >= 4 is 27.3 Å². The predicted octanol–water partition coefficient (Wildman–Crippen LogP) is 5.20. The Morgan fingerprint density at radius 3 is 1.45 bits per heavy atom. The fourth-order valence-electron chi connectivity index (χ4n) is 3.61. The van der Waals surface area contributed by atoms with Gasteiger partial charge >= 0.3 is 0 Å². The van der Waals surface area contributed by atoms with Crippen LogP contribution in [0.1, 0.15) is 15.9 Å². The molecule has 0 saturated carbocycles. The molecule has 1 heteroatoms. The number of fused-ring (bicyclic) bond motifs is 7. The van der Waals surface area contributed by atoms with Gasteiger partial charge < -0.3 is 0 Å². The Hall–Kier alpha value is -2.93. The molecule has 0 atom stereocenters. The summed E-state index contributed by atoms with van der Waals surface area (Å²) >= 11 is 0. The van der Waals surface area contributed by atoms with Crippen molar-refractivity contribution in [3.8, 4) is 11.1 Å². The molecule has 0 aromatic heterocycles. The van der Waals surface area contributed by atoms with E-state index in [-0.39, 0.29) is 5.78 Å². The summed E-state index contributed by atoms with van der Waals surface area (Å²) in [7, 11) is 0. The lowest BCUT2D eigenvalue weighted by Gasteiger charge is -2.04. The molecule has 0 N–H and O–H groups in total. The molecule has 4 aromatic carbocycles. The molecular formula is C21H12O. The third kappa shape index (κ3) is 1.35. The van der Waals surface area contributed by atoms with Gasteiger partial charge in [0.15, 0.2) is 5.78 Å². The monoisotopic (exact) mass is 280 g/mol. The highest BCUT2D eigenvalue weighted by atomic mass is 16.1. The van der Waals surface area contributed by atoms with Gasteiger partial charge in [0.25, 0.3) is 0 Å². The van der Waals surface area contributed by atoms with Gasteiger partial charge in [-0.1, -0.05) is 72.8 Å². The highest BCUT2D eigenvalue weighted by Crippen LogP contribution is 2.43. The van der Waals surface area contributed by atoms with Crippen LogP contribution in [0.5, 0.6) is 0 Å². The molecule has 0 aliphatic heterocycles. The van der Waals surface area contributed by atoms with Crippen LogP contribution in [0.2, 0.25) is 0 Å². The normalized spacial score (nSPS) is 12.6. The van der Waals surface area contributed by atoms with E-state index in [1.54, 1.807) is 0 Å². The molecule has 1 aliphatic rings. The Morgan fingerprint density at radius 1 is 0.500 bits per heavy atom. The van der Waals surface area contributed by atoms with Crippen molar-refractivity contribution in [3.05, 3.63) is 83.9 Å². The van der Waals surface area contributed by atoms with Crippen LogP contribution in [0.4, 0.5) is 0 Å². The van der Waals surface area contributed by atoms with Crippen LogP contribution >= 0.6 is 0 Å². The minimum atomic E-state index is 0.151. The van der Waals surface area contributed by atoms with Gasteiger partial charge in [0.05, 0.1) is 0 Å². The largest absolute Gasteiger partial charge is 0.289 e. The fraction of sp³-hybridized carbons (Fsp3) is 0. The molecule has 102 valence electrons. The van der Waals surface area contributed by atoms with Crippen LogP contribution in [0.15, 0.2) is 72.8 Å². The Balaban J connectivity index is 1.96. The number of benzene rings is 4. The molecule has 0 heterocycles. The van der Waals surface area contributed by atoms with Crippen molar-refractivity contribution in [2.24, 2.45) is 0 Å². The Bertz CT molecular complexity index is 1000. The summed E-state index contributed by atoms with van der Waals surface area (Å²) in [6.45, 7) is 0. The average Bonchev–Trinajstić information content (AvgIpc) is 2.88. The van der Waals surface area contributed by atoms with E-state index >= 15 is 0 Å². The van der Waals surface area contributed by atoms with E-state index in [1.165, 1.54) is 0 Å². The standard InChI is InChI=1S/C21H12O/c22-21-19-15-7-3-1-5-13(15)9-11-17(19)18-12-10-14-6-2-4-8-16(14)20(18)21/h1-12H. The van der Waals surface area contributed by atoms with E-state index in [1.807, 2.05) is 36.4 Å².